The van der Waals surface area contributed by atoms with Crippen LogP contribution in [-0.2, 0) is 4.79 Å². The normalized spacial score (nSPS) is 10.5. The second-order valence-corrected chi connectivity index (χ2v) is 3.21. The summed E-state index contributed by atoms with van der Waals surface area (Å²) in [7, 11) is 0. The lowest BCUT2D eigenvalue weighted by Gasteiger charge is -2.01. The average Bonchev–Trinajstić information content (AvgIpc) is 2.26. The van der Waals surface area contributed by atoms with Gasteiger partial charge in [0.25, 0.3) is 0 Å². The van der Waals surface area contributed by atoms with Gasteiger partial charge in [0.2, 0.25) is 0 Å². The van der Waals surface area contributed by atoms with Crippen molar-refractivity contribution in [3.8, 4) is 5.75 Å². The van der Waals surface area contributed by atoms with Gasteiger partial charge in [-0.05, 0) is 25.0 Å². The zero-order chi connectivity index (χ0) is 10.9. The third kappa shape index (κ3) is 5.01. The van der Waals surface area contributed by atoms with E-state index in [1.165, 1.54) is 0 Å². The number of allylic oxidation sites excluding steroid dienone is 2. The maximum absolute atomic E-state index is 11.3. The number of esters is 1. The van der Waals surface area contributed by atoms with Gasteiger partial charge in [-0.1, -0.05) is 37.3 Å². The molecule has 1 aromatic rings. The number of para-hydroxylation sites is 1. The smallest absolute Gasteiger partial charge is 0.311 e. The van der Waals surface area contributed by atoms with Crippen LogP contribution >= 0.6 is 0 Å². The number of carbonyl (C=O) groups is 1. The van der Waals surface area contributed by atoms with Crippen LogP contribution in [0.2, 0.25) is 0 Å². The molecule has 0 N–H and O–H groups in total. The molecule has 0 unspecified atom stereocenters. The maximum Gasteiger partial charge on any atom is 0.311 e. The first-order valence-electron chi connectivity index (χ1n) is 5.23. The van der Waals surface area contributed by atoms with Gasteiger partial charge < -0.3 is 4.74 Å². The van der Waals surface area contributed by atoms with Gasteiger partial charge in [-0.3, -0.25) is 4.79 Å². The van der Waals surface area contributed by atoms with Gasteiger partial charge in [-0.25, -0.2) is 0 Å². The molecule has 1 rings (SSSR count). The lowest BCUT2D eigenvalue weighted by molar-refractivity contribution is -0.134. The third-order valence-electron chi connectivity index (χ3n) is 1.89. The van der Waals surface area contributed by atoms with Gasteiger partial charge in [0.1, 0.15) is 5.75 Å². The largest absolute Gasteiger partial charge is 0.427 e. The Morgan fingerprint density at radius 3 is 2.67 bits per heavy atom. The number of benzene rings is 1. The van der Waals surface area contributed by atoms with Crippen LogP contribution in [0, 0.1) is 0 Å². The molecule has 0 atom stereocenters. The number of ether oxygens (including phenoxy) is 1. The van der Waals surface area contributed by atoms with E-state index >= 15 is 0 Å². The Kier molecular flexibility index (Phi) is 5.23. The fourth-order valence-corrected chi connectivity index (χ4v) is 1.16. The zero-order valence-electron chi connectivity index (χ0n) is 8.98. The van der Waals surface area contributed by atoms with E-state index in [0.717, 1.165) is 12.8 Å². The summed E-state index contributed by atoms with van der Waals surface area (Å²) in [6, 6.07) is 9.14. The highest BCUT2D eigenvalue weighted by Crippen LogP contribution is 2.09. The molecule has 0 amide bonds. The lowest BCUT2D eigenvalue weighted by atomic mass is 10.2. The highest BCUT2D eigenvalue weighted by Gasteiger charge is 2.01. The van der Waals surface area contributed by atoms with Crippen molar-refractivity contribution >= 4 is 5.97 Å². The second-order valence-electron chi connectivity index (χ2n) is 3.21. The molecule has 0 aromatic heterocycles. The van der Waals surface area contributed by atoms with Crippen LogP contribution in [0.4, 0.5) is 0 Å². The van der Waals surface area contributed by atoms with Crippen molar-refractivity contribution < 1.29 is 9.53 Å². The molecule has 2 heteroatoms. The van der Waals surface area contributed by atoms with E-state index in [-0.39, 0.29) is 5.97 Å². The quantitative estimate of drug-likeness (QED) is 0.417. The monoisotopic (exact) mass is 204 g/mol. The van der Waals surface area contributed by atoms with E-state index < -0.39 is 0 Å². The van der Waals surface area contributed by atoms with Crippen molar-refractivity contribution in [1.29, 1.82) is 0 Å². The molecule has 0 heterocycles. The van der Waals surface area contributed by atoms with Gasteiger partial charge in [-0.2, -0.15) is 0 Å². The minimum absolute atomic E-state index is 0.179. The molecular weight excluding hydrogens is 188 g/mol. The summed E-state index contributed by atoms with van der Waals surface area (Å²) in [6.07, 6.45) is 6.25. The Labute approximate surface area is 90.6 Å². The molecule has 0 bridgehead atoms. The van der Waals surface area contributed by atoms with Crippen LogP contribution in [0.25, 0.3) is 0 Å². The average molecular weight is 204 g/mol. The number of carbonyl (C=O) groups excluding carboxylic acids is 1. The van der Waals surface area contributed by atoms with Crippen LogP contribution < -0.4 is 4.74 Å². The van der Waals surface area contributed by atoms with E-state index in [1.807, 2.05) is 24.3 Å². The van der Waals surface area contributed by atoms with Crippen molar-refractivity contribution in [2.24, 2.45) is 0 Å². The van der Waals surface area contributed by atoms with Crippen LogP contribution in [0.3, 0.4) is 0 Å². The first-order valence-corrected chi connectivity index (χ1v) is 5.23. The van der Waals surface area contributed by atoms with Crippen molar-refractivity contribution in [3.63, 3.8) is 0 Å². The highest BCUT2D eigenvalue weighted by atomic mass is 16.5. The molecule has 0 aliphatic rings. The Balaban J connectivity index is 2.28. The number of rotatable bonds is 5. The molecule has 0 radical (unpaired) electrons. The van der Waals surface area contributed by atoms with E-state index in [9.17, 15) is 4.79 Å². The fraction of sp³-hybridized carbons (Fsp3) is 0.308. The van der Waals surface area contributed by atoms with E-state index in [1.54, 1.807) is 12.1 Å². The number of hydrogen-bond acceptors (Lipinski definition) is 2. The van der Waals surface area contributed by atoms with Gasteiger partial charge in [0.15, 0.2) is 0 Å². The summed E-state index contributed by atoms with van der Waals surface area (Å²) in [6.45, 7) is 2.07. The molecule has 0 fully saturated rings. The first kappa shape index (κ1) is 11.5. The zero-order valence-corrected chi connectivity index (χ0v) is 8.98. The van der Waals surface area contributed by atoms with Gasteiger partial charge in [0, 0.05) is 6.42 Å². The molecular formula is C13H16O2. The molecule has 2 nitrogen and oxygen atoms in total. The summed E-state index contributed by atoms with van der Waals surface area (Å²) in [4.78, 5) is 11.3. The van der Waals surface area contributed by atoms with Crippen LogP contribution in [0.1, 0.15) is 26.2 Å². The van der Waals surface area contributed by atoms with Crippen LogP contribution in [0.5, 0.6) is 5.75 Å². The minimum atomic E-state index is -0.179. The van der Waals surface area contributed by atoms with Crippen molar-refractivity contribution in [1.82, 2.24) is 0 Å². The fourth-order valence-electron chi connectivity index (χ4n) is 1.16. The predicted molar refractivity (Wildman–Crippen MR) is 60.7 cm³/mol. The Hall–Kier alpha value is -1.57. The highest BCUT2D eigenvalue weighted by molar-refractivity contribution is 5.72. The van der Waals surface area contributed by atoms with Crippen LogP contribution in [-0.4, -0.2) is 5.97 Å². The standard InChI is InChI=1S/C13H16O2/c1-2-3-4-8-11-13(14)15-12-9-6-5-7-10-12/h3-7,9-10H,2,8,11H2,1H3/b4-3+. The van der Waals surface area contributed by atoms with Crippen molar-refractivity contribution in [3.05, 3.63) is 42.5 Å². The Morgan fingerprint density at radius 1 is 1.27 bits per heavy atom. The van der Waals surface area contributed by atoms with Gasteiger partial charge >= 0.3 is 5.97 Å². The summed E-state index contributed by atoms with van der Waals surface area (Å²) < 4.78 is 5.12. The van der Waals surface area contributed by atoms with Crippen LogP contribution in [0.15, 0.2) is 42.5 Å². The minimum Gasteiger partial charge on any atom is -0.427 e. The first-order chi connectivity index (χ1) is 7.33. The summed E-state index contributed by atoms with van der Waals surface area (Å²) in [5, 5.41) is 0. The topological polar surface area (TPSA) is 26.3 Å². The summed E-state index contributed by atoms with van der Waals surface area (Å²) >= 11 is 0. The summed E-state index contributed by atoms with van der Waals surface area (Å²) in [5.74, 6) is 0.434. The summed E-state index contributed by atoms with van der Waals surface area (Å²) in [5.41, 5.74) is 0. The Bertz CT molecular complexity index is 315. The van der Waals surface area contributed by atoms with Crippen molar-refractivity contribution in [2.75, 3.05) is 0 Å². The van der Waals surface area contributed by atoms with Gasteiger partial charge in [0.05, 0.1) is 0 Å². The molecule has 0 aliphatic heterocycles. The lowest BCUT2D eigenvalue weighted by Crippen LogP contribution is -2.06. The Morgan fingerprint density at radius 2 is 2.00 bits per heavy atom. The molecule has 0 aliphatic carbocycles. The van der Waals surface area contributed by atoms with Crippen molar-refractivity contribution in [2.45, 2.75) is 26.2 Å². The van der Waals surface area contributed by atoms with E-state index in [2.05, 4.69) is 13.0 Å². The second kappa shape index (κ2) is 6.82. The third-order valence-corrected chi connectivity index (χ3v) is 1.89. The molecule has 0 saturated heterocycles. The molecule has 0 spiro atoms. The maximum atomic E-state index is 11.3. The molecule has 15 heavy (non-hydrogen) atoms. The predicted octanol–water partition coefficient (Wildman–Crippen LogP) is 3.34. The molecule has 80 valence electrons. The molecule has 0 saturated carbocycles. The molecule has 1 aromatic carbocycles. The van der Waals surface area contributed by atoms with E-state index in [0.29, 0.717) is 12.2 Å². The number of hydrogen-bond donors (Lipinski definition) is 0. The SMILES string of the molecule is CC/C=C/CCC(=O)Oc1ccccc1. The van der Waals surface area contributed by atoms with E-state index in [4.69, 9.17) is 4.74 Å². The van der Waals surface area contributed by atoms with Gasteiger partial charge in [-0.15, -0.1) is 0 Å².